The Morgan fingerprint density at radius 2 is 1.38 bits per heavy atom. The van der Waals surface area contributed by atoms with E-state index in [4.69, 9.17) is 0 Å². The zero-order valence-electron chi connectivity index (χ0n) is 14.7. The first-order valence-corrected chi connectivity index (χ1v) is 8.89. The van der Waals surface area contributed by atoms with E-state index in [0.29, 0.717) is 0 Å². The van der Waals surface area contributed by atoms with E-state index in [1.54, 1.807) is 5.57 Å². The summed E-state index contributed by atoms with van der Waals surface area (Å²) in [6, 6.07) is 8.74. The van der Waals surface area contributed by atoms with Gasteiger partial charge in [0.15, 0.2) is 0 Å². The van der Waals surface area contributed by atoms with Gasteiger partial charge in [0.1, 0.15) is 0 Å². The Hall–Kier alpha value is -1.04. The molecule has 0 spiro atoms. The average molecular weight is 287 g/mol. The normalized spacial score (nSPS) is 12.4. The van der Waals surface area contributed by atoms with Crippen LogP contribution in [-0.2, 0) is 0 Å². The predicted molar refractivity (Wildman–Crippen MR) is 96.7 cm³/mol. The highest BCUT2D eigenvalue weighted by Crippen LogP contribution is 2.24. The molecule has 0 unspecified atom stereocenters. The Bertz CT molecular complexity index is 425. The van der Waals surface area contributed by atoms with Crippen LogP contribution >= 0.6 is 0 Å². The van der Waals surface area contributed by atoms with Crippen molar-refractivity contribution in [3.63, 3.8) is 0 Å². The van der Waals surface area contributed by atoms with Crippen molar-refractivity contribution >= 4 is 5.57 Å². The molecular formula is C21H34. The molecule has 0 N–H and O–H groups in total. The lowest BCUT2D eigenvalue weighted by Crippen LogP contribution is -1.90. The Kier molecular flexibility index (Phi) is 9.14. The minimum atomic E-state index is 1.26. The molecule has 0 heterocycles. The Balaban J connectivity index is 2.28. The van der Waals surface area contributed by atoms with Gasteiger partial charge in [-0.3, -0.25) is 0 Å². The third-order valence-electron chi connectivity index (χ3n) is 4.59. The van der Waals surface area contributed by atoms with Gasteiger partial charge in [0.25, 0.3) is 0 Å². The van der Waals surface area contributed by atoms with Crippen molar-refractivity contribution < 1.29 is 0 Å². The van der Waals surface area contributed by atoms with Crippen molar-refractivity contribution in [1.82, 2.24) is 0 Å². The summed E-state index contributed by atoms with van der Waals surface area (Å²) in [4.78, 5) is 0. The Morgan fingerprint density at radius 3 is 2.00 bits per heavy atom. The van der Waals surface area contributed by atoms with Crippen molar-refractivity contribution in [1.29, 1.82) is 0 Å². The highest BCUT2D eigenvalue weighted by atomic mass is 14.1. The number of allylic oxidation sites excluding steroid dienone is 2. The summed E-state index contributed by atoms with van der Waals surface area (Å²) in [5, 5.41) is 0. The summed E-state index contributed by atoms with van der Waals surface area (Å²) in [6.07, 6.45) is 12.5. The summed E-state index contributed by atoms with van der Waals surface area (Å²) in [5.41, 5.74) is 5.87. The molecule has 0 bridgehead atoms. The van der Waals surface area contributed by atoms with E-state index in [0.717, 1.165) is 0 Å². The molecule has 0 nitrogen and oxygen atoms in total. The zero-order chi connectivity index (χ0) is 15.5. The summed E-state index contributed by atoms with van der Waals surface area (Å²) >= 11 is 0. The van der Waals surface area contributed by atoms with E-state index in [-0.39, 0.29) is 0 Å². The predicted octanol–water partition coefficient (Wildman–Crippen LogP) is 7.32. The number of unbranched alkanes of at least 4 members (excludes halogenated alkanes) is 7. The number of hydrogen-bond acceptors (Lipinski definition) is 0. The second kappa shape index (κ2) is 10.7. The van der Waals surface area contributed by atoms with Gasteiger partial charge in [-0.1, -0.05) is 81.7 Å². The van der Waals surface area contributed by atoms with E-state index in [1.807, 2.05) is 0 Å². The number of rotatable bonds is 10. The topological polar surface area (TPSA) is 0 Å². The smallest absolute Gasteiger partial charge is 0.0199 e. The van der Waals surface area contributed by atoms with E-state index in [1.165, 1.54) is 74.5 Å². The number of benzene rings is 1. The Morgan fingerprint density at radius 1 is 0.810 bits per heavy atom. The van der Waals surface area contributed by atoms with Crippen LogP contribution in [0.5, 0.6) is 0 Å². The molecule has 0 fully saturated rings. The molecule has 0 radical (unpaired) electrons. The highest BCUT2D eigenvalue weighted by Gasteiger charge is 2.03. The molecule has 0 atom stereocenters. The maximum atomic E-state index is 2.31. The SMILES string of the molecule is CCCCCCCCCCC(C)=C(C)c1ccccc1C. The van der Waals surface area contributed by atoms with Crippen LogP contribution in [0.2, 0.25) is 0 Å². The van der Waals surface area contributed by atoms with Gasteiger partial charge in [-0.05, 0) is 50.3 Å². The Labute approximate surface area is 132 Å². The second-order valence-electron chi connectivity index (χ2n) is 6.45. The van der Waals surface area contributed by atoms with Crippen LogP contribution in [0.25, 0.3) is 5.57 Å². The minimum absolute atomic E-state index is 1.26. The van der Waals surface area contributed by atoms with E-state index >= 15 is 0 Å². The van der Waals surface area contributed by atoms with Crippen molar-refractivity contribution in [2.75, 3.05) is 0 Å². The van der Waals surface area contributed by atoms with Gasteiger partial charge in [0.2, 0.25) is 0 Å². The van der Waals surface area contributed by atoms with Crippen LogP contribution in [0.3, 0.4) is 0 Å². The minimum Gasteiger partial charge on any atom is -0.0698 e. The standard InChI is InChI=1S/C21H34/c1-5-6-7-8-9-10-11-12-15-18(2)20(4)21-17-14-13-16-19(21)3/h13-14,16-17H,5-12,15H2,1-4H3. The summed E-state index contributed by atoms with van der Waals surface area (Å²) in [6.45, 7) is 9.08. The molecule has 0 saturated heterocycles. The first kappa shape index (κ1) is 18.0. The van der Waals surface area contributed by atoms with Crippen molar-refractivity contribution in [2.24, 2.45) is 0 Å². The van der Waals surface area contributed by atoms with Gasteiger partial charge in [-0.2, -0.15) is 0 Å². The fourth-order valence-electron chi connectivity index (χ4n) is 2.94. The van der Waals surface area contributed by atoms with Crippen LogP contribution in [0.1, 0.15) is 89.7 Å². The van der Waals surface area contributed by atoms with Crippen LogP contribution in [0.15, 0.2) is 29.8 Å². The maximum absolute atomic E-state index is 2.31. The molecule has 0 heteroatoms. The molecule has 1 rings (SSSR count). The van der Waals surface area contributed by atoms with Crippen LogP contribution in [0.4, 0.5) is 0 Å². The van der Waals surface area contributed by atoms with Gasteiger partial charge in [-0.25, -0.2) is 0 Å². The van der Waals surface area contributed by atoms with E-state index < -0.39 is 0 Å². The summed E-state index contributed by atoms with van der Waals surface area (Å²) in [5.74, 6) is 0. The summed E-state index contributed by atoms with van der Waals surface area (Å²) in [7, 11) is 0. The molecule has 1 aromatic rings. The van der Waals surface area contributed by atoms with Gasteiger partial charge < -0.3 is 0 Å². The van der Waals surface area contributed by atoms with Gasteiger partial charge in [0.05, 0.1) is 0 Å². The maximum Gasteiger partial charge on any atom is -0.0199 e. The molecule has 0 aromatic heterocycles. The first-order chi connectivity index (χ1) is 10.2. The van der Waals surface area contributed by atoms with Gasteiger partial charge in [-0.15, -0.1) is 0 Å². The lowest BCUT2D eigenvalue weighted by molar-refractivity contribution is 0.575. The highest BCUT2D eigenvalue weighted by molar-refractivity contribution is 5.68. The third-order valence-corrected chi connectivity index (χ3v) is 4.59. The first-order valence-electron chi connectivity index (χ1n) is 8.89. The lowest BCUT2D eigenvalue weighted by atomic mass is 9.95. The largest absolute Gasteiger partial charge is 0.0698 e. The number of aryl methyl sites for hydroxylation is 1. The molecule has 0 amide bonds. The molecule has 21 heavy (non-hydrogen) atoms. The van der Waals surface area contributed by atoms with Crippen LogP contribution < -0.4 is 0 Å². The van der Waals surface area contributed by atoms with Crippen LogP contribution in [-0.4, -0.2) is 0 Å². The van der Waals surface area contributed by atoms with Crippen LogP contribution in [0, 0.1) is 6.92 Å². The fourth-order valence-corrected chi connectivity index (χ4v) is 2.94. The van der Waals surface area contributed by atoms with Crippen molar-refractivity contribution in [2.45, 2.75) is 85.5 Å². The van der Waals surface area contributed by atoms with Crippen molar-refractivity contribution in [3.05, 3.63) is 41.0 Å². The molecule has 1 aromatic carbocycles. The summed E-state index contributed by atoms with van der Waals surface area (Å²) < 4.78 is 0. The molecule has 118 valence electrons. The molecule has 0 aliphatic rings. The average Bonchev–Trinajstić information content (AvgIpc) is 2.49. The lowest BCUT2D eigenvalue weighted by Gasteiger charge is -2.11. The number of hydrogen-bond donors (Lipinski definition) is 0. The van der Waals surface area contributed by atoms with Gasteiger partial charge in [0, 0.05) is 0 Å². The molecule has 0 aliphatic carbocycles. The van der Waals surface area contributed by atoms with Crippen molar-refractivity contribution in [3.8, 4) is 0 Å². The molecular weight excluding hydrogens is 252 g/mol. The third kappa shape index (κ3) is 6.98. The van der Waals surface area contributed by atoms with Gasteiger partial charge >= 0.3 is 0 Å². The molecule has 0 saturated carbocycles. The zero-order valence-corrected chi connectivity index (χ0v) is 14.7. The van der Waals surface area contributed by atoms with E-state index in [2.05, 4.69) is 52.0 Å². The fraction of sp³-hybridized carbons (Fsp3) is 0.619. The second-order valence-corrected chi connectivity index (χ2v) is 6.45. The van der Waals surface area contributed by atoms with E-state index in [9.17, 15) is 0 Å². The quantitative estimate of drug-likeness (QED) is 0.395. The monoisotopic (exact) mass is 286 g/mol. The molecule has 0 aliphatic heterocycles.